The highest BCUT2D eigenvalue weighted by molar-refractivity contribution is 7.15. The third kappa shape index (κ3) is 6.47. The van der Waals surface area contributed by atoms with E-state index in [0.717, 1.165) is 64.9 Å². The normalized spacial score (nSPS) is 18.8. The van der Waals surface area contributed by atoms with Gasteiger partial charge in [0, 0.05) is 34.3 Å². The summed E-state index contributed by atoms with van der Waals surface area (Å²) in [6.07, 6.45) is 9.27. The van der Waals surface area contributed by atoms with Crippen molar-refractivity contribution >= 4 is 47.1 Å². The van der Waals surface area contributed by atoms with Crippen molar-refractivity contribution in [3.63, 3.8) is 0 Å². The molecule has 0 amide bonds. The average Bonchev–Trinajstić information content (AvgIpc) is 3.65. The number of pyridine rings is 2. The molecule has 1 aliphatic heterocycles. The number of aromatic nitrogens is 4. The van der Waals surface area contributed by atoms with Gasteiger partial charge < -0.3 is 14.4 Å². The second-order valence-electron chi connectivity index (χ2n) is 11.5. The monoisotopic (exact) mass is 540 g/mol. The van der Waals surface area contributed by atoms with Crippen molar-refractivity contribution in [2.24, 2.45) is 0 Å². The first-order chi connectivity index (χ1) is 17.9. The van der Waals surface area contributed by atoms with Crippen molar-refractivity contribution in [1.82, 2.24) is 20.2 Å². The topological polar surface area (TPSA) is 76.5 Å². The Hall–Kier alpha value is -2.14. The number of hydrogen-bond acceptors (Lipinski definition) is 9. The highest BCUT2D eigenvalue weighted by Crippen LogP contribution is 2.38. The minimum atomic E-state index is -1.18. The van der Waals surface area contributed by atoms with Crippen LogP contribution >= 0.6 is 11.3 Å². The molecule has 3 aromatic heterocycles. The number of fused-ring (bicyclic) bond motifs is 1. The first-order valence-corrected chi connectivity index (χ1v) is 18.1. The molecule has 1 unspecified atom stereocenters. The molecule has 2 aliphatic rings. The quantitative estimate of drug-likeness (QED) is 0.162. The van der Waals surface area contributed by atoms with Gasteiger partial charge in [-0.25, -0.2) is 4.98 Å². The lowest BCUT2D eigenvalue weighted by Gasteiger charge is -2.26. The number of ether oxygens (including phenoxy) is 2. The molecule has 4 heterocycles. The van der Waals surface area contributed by atoms with Crippen LogP contribution in [0.3, 0.4) is 0 Å². The highest BCUT2D eigenvalue weighted by atomic mass is 32.1. The lowest BCUT2D eigenvalue weighted by Crippen LogP contribution is -2.32. The van der Waals surface area contributed by atoms with E-state index in [2.05, 4.69) is 45.7 Å². The van der Waals surface area contributed by atoms with Gasteiger partial charge in [0.15, 0.2) is 0 Å². The standard InChI is InChI=1S/C27H40N6O2SSi/c1-34-18-21-10-7-13-32(21)22-16-24-23(28-17-22)11-12-25(29-24)33(19-35-14-15-37(2,3)4)27-31-30-26(36-27)20-8-5-6-9-20/h11-12,16-17,20-21H,5-10,13-15,18-19H2,1-4H3. The molecule has 0 bridgehead atoms. The number of rotatable bonds is 11. The van der Waals surface area contributed by atoms with E-state index in [1.54, 1.807) is 18.4 Å². The predicted octanol–water partition coefficient (Wildman–Crippen LogP) is 6.20. The van der Waals surface area contributed by atoms with Crippen LogP contribution in [0.15, 0.2) is 24.4 Å². The summed E-state index contributed by atoms with van der Waals surface area (Å²) >= 11 is 1.69. The van der Waals surface area contributed by atoms with E-state index in [4.69, 9.17) is 19.4 Å². The highest BCUT2D eigenvalue weighted by Gasteiger charge is 2.26. The molecule has 200 valence electrons. The SMILES string of the molecule is COCC1CCCN1c1cnc2ccc(N(COCC[Si](C)(C)C)c3nnc(C4CCCC4)s3)nc2c1. The van der Waals surface area contributed by atoms with Gasteiger partial charge in [-0.05, 0) is 49.9 Å². The van der Waals surface area contributed by atoms with Crippen LogP contribution < -0.4 is 9.80 Å². The van der Waals surface area contributed by atoms with E-state index < -0.39 is 8.07 Å². The van der Waals surface area contributed by atoms with E-state index in [1.807, 2.05) is 18.3 Å². The second kappa shape index (κ2) is 11.7. The predicted molar refractivity (Wildman–Crippen MR) is 154 cm³/mol. The Morgan fingerprint density at radius 1 is 1.08 bits per heavy atom. The van der Waals surface area contributed by atoms with Crippen molar-refractivity contribution in [3.8, 4) is 0 Å². The Morgan fingerprint density at radius 3 is 2.70 bits per heavy atom. The van der Waals surface area contributed by atoms with Crippen LogP contribution in [0, 0.1) is 0 Å². The van der Waals surface area contributed by atoms with Crippen molar-refractivity contribution in [2.75, 3.05) is 43.4 Å². The van der Waals surface area contributed by atoms with Crippen LogP contribution in [0.25, 0.3) is 11.0 Å². The van der Waals surface area contributed by atoms with Crippen LogP contribution in [-0.2, 0) is 9.47 Å². The van der Waals surface area contributed by atoms with Gasteiger partial charge >= 0.3 is 0 Å². The molecule has 1 saturated carbocycles. The molecule has 10 heteroatoms. The van der Waals surface area contributed by atoms with Crippen LogP contribution in [-0.4, -0.2) is 67.9 Å². The van der Waals surface area contributed by atoms with Gasteiger partial charge in [0.05, 0.1) is 35.6 Å². The van der Waals surface area contributed by atoms with Gasteiger partial charge in [0.2, 0.25) is 5.13 Å². The fourth-order valence-electron chi connectivity index (χ4n) is 5.26. The first kappa shape index (κ1) is 26.5. The fourth-order valence-corrected chi connectivity index (χ4v) is 7.03. The summed E-state index contributed by atoms with van der Waals surface area (Å²) in [5.41, 5.74) is 2.87. The number of nitrogens with zero attached hydrogens (tertiary/aromatic N) is 6. The zero-order chi connectivity index (χ0) is 25.8. The molecule has 0 radical (unpaired) electrons. The summed E-state index contributed by atoms with van der Waals surface area (Å²) in [7, 11) is 0.597. The number of methoxy groups -OCH3 is 1. The molecule has 1 atom stereocenters. The summed E-state index contributed by atoms with van der Waals surface area (Å²) in [5.74, 6) is 1.36. The van der Waals surface area contributed by atoms with Gasteiger partial charge in [0.1, 0.15) is 17.6 Å². The van der Waals surface area contributed by atoms with E-state index in [0.29, 0.717) is 18.7 Å². The van der Waals surface area contributed by atoms with Crippen molar-refractivity contribution in [3.05, 3.63) is 29.4 Å². The van der Waals surface area contributed by atoms with E-state index in [1.165, 1.54) is 32.1 Å². The van der Waals surface area contributed by atoms with Crippen LogP contribution in [0.1, 0.15) is 49.5 Å². The molecule has 0 N–H and O–H groups in total. The molecular weight excluding hydrogens is 500 g/mol. The van der Waals surface area contributed by atoms with E-state index >= 15 is 0 Å². The zero-order valence-corrected chi connectivity index (χ0v) is 24.5. The maximum atomic E-state index is 6.20. The number of hydrogen-bond donors (Lipinski definition) is 0. The van der Waals surface area contributed by atoms with Crippen molar-refractivity contribution < 1.29 is 9.47 Å². The molecule has 0 aromatic carbocycles. The Bertz CT molecular complexity index is 1180. The molecule has 1 saturated heterocycles. The lowest BCUT2D eigenvalue weighted by atomic mass is 10.1. The lowest BCUT2D eigenvalue weighted by molar-refractivity contribution is 0.153. The van der Waals surface area contributed by atoms with Crippen LogP contribution in [0.4, 0.5) is 16.6 Å². The molecule has 2 fully saturated rings. The minimum Gasteiger partial charge on any atom is -0.383 e. The van der Waals surface area contributed by atoms with Gasteiger partial charge in [-0.15, -0.1) is 10.2 Å². The molecule has 5 rings (SSSR count). The Balaban J connectivity index is 1.42. The fraction of sp³-hybridized carbons (Fsp3) is 0.630. The Kier molecular flexibility index (Phi) is 8.38. The molecule has 0 spiro atoms. The van der Waals surface area contributed by atoms with E-state index in [-0.39, 0.29) is 0 Å². The van der Waals surface area contributed by atoms with Gasteiger partial charge in [-0.1, -0.05) is 43.8 Å². The van der Waals surface area contributed by atoms with Crippen molar-refractivity contribution in [2.45, 2.75) is 76.2 Å². The van der Waals surface area contributed by atoms with Gasteiger partial charge in [-0.2, -0.15) is 0 Å². The summed E-state index contributed by atoms with van der Waals surface area (Å²) in [5, 5.41) is 11.2. The van der Waals surface area contributed by atoms with Gasteiger partial charge in [-0.3, -0.25) is 9.88 Å². The maximum absolute atomic E-state index is 6.20. The summed E-state index contributed by atoms with van der Waals surface area (Å²) in [4.78, 5) is 14.3. The van der Waals surface area contributed by atoms with Crippen LogP contribution in [0.2, 0.25) is 25.7 Å². The molecule has 8 nitrogen and oxygen atoms in total. The third-order valence-corrected chi connectivity index (χ3v) is 10.2. The Morgan fingerprint density at radius 2 is 1.92 bits per heavy atom. The first-order valence-electron chi connectivity index (χ1n) is 13.6. The summed E-state index contributed by atoms with van der Waals surface area (Å²) in [6.45, 7) is 10.0. The molecule has 1 aliphatic carbocycles. The maximum Gasteiger partial charge on any atom is 0.215 e. The van der Waals surface area contributed by atoms with Gasteiger partial charge in [0.25, 0.3) is 0 Å². The minimum absolute atomic E-state index is 0.388. The Labute approximate surface area is 225 Å². The average molecular weight is 541 g/mol. The second-order valence-corrected chi connectivity index (χ2v) is 18.1. The molecule has 3 aromatic rings. The third-order valence-electron chi connectivity index (χ3n) is 7.43. The largest absolute Gasteiger partial charge is 0.383 e. The van der Waals surface area contributed by atoms with Crippen molar-refractivity contribution in [1.29, 1.82) is 0 Å². The van der Waals surface area contributed by atoms with Crippen LogP contribution in [0.5, 0.6) is 0 Å². The summed E-state index contributed by atoms with van der Waals surface area (Å²) in [6, 6.07) is 7.75. The summed E-state index contributed by atoms with van der Waals surface area (Å²) < 4.78 is 11.7. The number of anilines is 3. The zero-order valence-electron chi connectivity index (χ0n) is 22.7. The molecule has 37 heavy (non-hydrogen) atoms. The van der Waals surface area contributed by atoms with E-state index in [9.17, 15) is 0 Å². The smallest absolute Gasteiger partial charge is 0.215 e. The molecular formula is C27H40N6O2SSi.